The zero-order valence-electron chi connectivity index (χ0n) is 17.3. The van der Waals surface area contributed by atoms with E-state index in [-0.39, 0.29) is 5.92 Å². The van der Waals surface area contributed by atoms with Crippen molar-refractivity contribution >= 4 is 0 Å². The van der Waals surface area contributed by atoms with E-state index in [1.165, 1.54) is 75.3 Å². The average molecular weight is 372 g/mol. The number of hydrogen-bond donors (Lipinski definition) is 1. The molecule has 3 aliphatic rings. The highest BCUT2D eigenvalue weighted by Crippen LogP contribution is 2.51. The molecule has 1 aromatic rings. The van der Waals surface area contributed by atoms with Gasteiger partial charge in [-0.3, -0.25) is 0 Å². The molecule has 2 fully saturated rings. The van der Waals surface area contributed by atoms with E-state index < -0.39 is 5.60 Å². The van der Waals surface area contributed by atoms with Gasteiger partial charge in [0.2, 0.25) is 0 Å². The Labute approximate surface area is 165 Å². The Balaban J connectivity index is 1.75. The van der Waals surface area contributed by atoms with E-state index in [2.05, 4.69) is 30.1 Å². The normalized spacial score (nSPS) is 26.0. The van der Waals surface area contributed by atoms with Crippen LogP contribution in [0, 0.1) is 11.8 Å². The Bertz CT molecular complexity index is 613. The maximum atomic E-state index is 12.5. The van der Waals surface area contributed by atoms with Gasteiger partial charge in [-0.2, -0.15) is 0 Å². The molecule has 0 saturated heterocycles. The molecule has 3 heteroatoms. The molecule has 2 aliphatic carbocycles. The fourth-order valence-corrected chi connectivity index (χ4v) is 6.38. The minimum atomic E-state index is -0.557. The van der Waals surface area contributed by atoms with Gasteiger partial charge in [-0.15, -0.1) is 0 Å². The molecule has 150 valence electrons. The first kappa shape index (κ1) is 19.3. The van der Waals surface area contributed by atoms with Crippen LogP contribution in [0.4, 0.5) is 0 Å². The largest absolute Gasteiger partial charge is 0.497 e. The van der Waals surface area contributed by atoms with Crippen LogP contribution < -0.4 is 4.74 Å². The minimum absolute atomic E-state index is 0.225. The van der Waals surface area contributed by atoms with Gasteiger partial charge >= 0.3 is 0 Å². The predicted octanol–water partition coefficient (Wildman–Crippen LogP) is 5.12. The third-order valence-corrected chi connectivity index (χ3v) is 7.74. The lowest BCUT2D eigenvalue weighted by atomic mass is 9.59. The van der Waals surface area contributed by atoms with Gasteiger partial charge in [0.25, 0.3) is 0 Å². The number of aliphatic hydroxyl groups is 1. The monoisotopic (exact) mass is 371 g/mol. The highest BCUT2D eigenvalue weighted by molar-refractivity contribution is 5.41. The molecule has 1 unspecified atom stereocenters. The Kier molecular flexibility index (Phi) is 5.80. The molecule has 0 spiro atoms. The van der Waals surface area contributed by atoms with E-state index in [9.17, 15) is 5.11 Å². The van der Waals surface area contributed by atoms with Crippen LogP contribution in [0.15, 0.2) is 18.2 Å². The highest BCUT2D eigenvalue weighted by atomic mass is 16.5. The van der Waals surface area contributed by atoms with Crippen molar-refractivity contribution in [3.63, 3.8) is 0 Å². The van der Waals surface area contributed by atoms with Crippen LogP contribution in [0.25, 0.3) is 0 Å². The van der Waals surface area contributed by atoms with Crippen molar-refractivity contribution in [1.82, 2.24) is 4.90 Å². The van der Waals surface area contributed by atoms with Crippen molar-refractivity contribution in [2.75, 3.05) is 20.7 Å². The predicted molar refractivity (Wildman–Crippen MR) is 110 cm³/mol. The van der Waals surface area contributed by atoms with Crippen LogP contribution >= 0.6 is 0 Å². The summed E-state index contributed by atoms with van der Waals surface area (Å²) in [5, 5.41) is 12.5. The highest BCUT2D eigenvalue weighted by Gasteiger charge is 2.51. The van der Waals surface area contributed by atoms with Gasteiger partial charge in [0.15, 0.2) is 0 Å². The zero-order valence-corrected chi connectivity index (χ0v) is 17.3. The molecule has 1 atom stereocenters. The maximum absolute atomic E-state index is 12.5. The van der Waals surface area contributed by atoms with Crippen LogP contribution in [0.1, 0.15) is 81.3 Å². The number of ether oxygens (including phenoxy) is 1. The number of nitrogens with zero attached hydrogens (tertiary/aromatic N) is 1. The third-order valence-electron chi connectivity index (χ3n) is 7.74. The van der Waals surface area contributed by atoms with Crippen molar-refractivity contribution in [1.29, 1.82) is 0 Å². The Morgan fingerprint density at radius 3 is 2.11 bits per heavy atom. The van der Waals surface area contributed by atoms with Gasteiger partial charge in [0.05, 0.1) is 12.7 Å². The lowest BCUT2D eigenvalue weighted by Gasteiger charge is -2.52. The van der Waals surface area contributed by atoms with E-state index in [1.807, 2.05) is 0 Å². The van der Waals surface area contributed by atoms with Gasteiger partial charge in [-0.05, 0) is 67.8 Å². The summed E-state index contributed by atoms with van der Waals surface area (Å²) in [4.78, 5) is 2.41. The maximum Gasteiger partial charge on any atom is 0.119 e. The molecule has 1 N–H and O–H groups in total. The van der Waals surface area contributed by atoms with E-state index in [0.717, 1.165) is 18.8 Å². The van der Waals surface area contributed by atoms with Gasteiger partial charge in [-0.25, -0.2) is 0 Å². The first-order valence-corrected chi connectivity index (χ1v) is 11.2. The summed E-state index contributed by atoms with van der Waals surface area (Å²) in [5.41, 5.74) is 2.17. The fraction of sp³-hybridized carbons (Fsp3) is 0.750. The first-order chi connectivity index (χ1) is 13.1. The molecule has 1 aromatic carbocycles. The SMILES string of the molecule is COc1ccc2c(c1)CN(C)CC2C(O)(C1CCCCC1)C1CCCCC1. The topological polar surface area (TPSA) is 32.7 Å². The smallest absolute Gasteiger partial charge is 0.119 e. The Hall–Kier alpha value is -1.06. The van der Waals surface area contributed by atoms with Crippen molar-refractivity contribution in [3.05, 3.63) is 29.3 Å². The van der Waals surface area contributed by atoms with Crippen LogP contribution in [-0.4, -0.2) is 36.3 Å². The number of rotatable bonds is 4. The third kappa shape index (κ3) is 3.65. The van der Waals surface area contributed by atoms with Crippen LogP contribution in [0.2, 0.25) is 0 Å². The number of methoxy groups -OCH3 is 1. The lowest BCUT2D eigenvalue weighted by molar-refractivity contribution is -0.118. The lowest BCUT2D eigenvalue weighted by Crippen LogP contribution is -2.55. The van der Waals surface area contributed by atoms with Gasteiger partial charge in [-0.1, -0.05) is 44.6 Å². The number of likely N-dealkylation sites (N-methyl/N-ethyl adjacent to an activating group) is 1. The second-order valence-electron chi connectivity index (χ2n) is 9.37. The summed E-state index contributed by atoms with van der Waals surface area (Å²) in [7, 11) is 3.95. The van der Waals surface area contributed by atoms with E-state index >= 15 is 0 Å². The summed E-state index contributed by atoms with van der Waals surface area (Å²) in [6.45, 7) is 1.93. The van der Waals surface area contributed by atoms with Crippen LogP contribution in [0.5, 0.6) is 5.75 Å². The number of fused-ring (bicyclic) bond motifs is 1. The quantitative estimate of drug-likeness (QED) is 0.798. The van der Waals surface area contributed by atoms with Gasteiger partial charge in [0.1, 0.15) is 5.75 Å². The molecule has 0 radical (unpaired) electrons. The van der Waals surface area contributed by atoms with Crippen molar-refractivity contribution in [2.45, 2.75) is 82.3 Å². The number of hydrogen-bond acceptors (Lipinski definition) is 3. The molecule has 0 bridgehead atoms. The molecule has 0 amide bonds. The fourth-order valence-electron chi connectivity index (χ4n) is 6.38. The van der Waals surface area contributed by atoms with Crippen LogP contribution in [0.3, 0.4) is 0 Å². The standard InChI is InChI=1S/C24H37NO2/c1-25-16-18-15-21(27-2)13-14-22(18)23(17-25)24(26,19-9-5-3-6-10-19)20-11-7-4-8-12-20/h13-15,19-20,23,26H,3-12,16-17H2,1-2H3. The second-order valence-corrected chi connectivity index (χ2v) is 9.37. The molecule has 1 heterocycles. The summed E-state index contributed by atoms with van der Waals surface area (Å²) in [6, 6.07) is 6.54. The molecule has 4 rings (SSSR count). The van der Waals surface area contributed by atoms with Gasteiger partial charge in [0, 0.05) is 19.0 Å². The molecule has 1 aliphatic heterocycles. The average Bonchev–Trinajstić information content (AvgIpc) is 2.73. The molecule has 2 saturated carbocycles. The summed E-state index contributed by atoms with van der Waals surface area (Å²) in [5.74, 6) is 2.08. The molecular formula is C24H37NO2. The minimum Gasteiger partial charge on any atom is -0.497 e. The molecule has 27 heavy (non-hydrogen) atoms. The summed E-state index contributed by atoms with van der Waals surface area (Å²) >= 11 is 0. The molecule has 3 nitrogen and oxygen atoms in total. The van der Waals surface area contributed by atoms with Crippen molar-refractivity contribution < 1.29 is 9.84 Å². The van der Waals surface area contributed by atoms with Crippen molar-refractivity contribution in [2.24, 2.45) is 11.8 Å². The Morgan fingerprint density at radius 2 is 1.56 bits per heavy atom. The Morgan fingerprint density at radius 1 is 0.963 bits per heavy atom. The second kappa shape index (κ2) is 8.13. The van der Waals surface area contributed by atoms with E-state index in [1.54, 1.807) is 7.11 Å². The van der Waals surface area contributed by atoms with E-state index in [0.29, 0.717) is 11.8 Å². The first-order valence-electron chi connectivity index (χ1n) is 11.2. The van der Waals surface area contributed by atoms with Gasteiger partial charge < -0.3 is 14.7 Å². The number of benzene rings is 1. The zero-order chi connectivity index (χ0) is 18.9. The van der Waals surface area contributed by atoms with Crippen LogP contribution in [-0.2, 0) is 6.54 Å². The summed E-state index contributed by atoms with van der Waals surface area (Å²) < 4.78 is 5.49. The van der Waals surface area contributed by atoms with Crippen molar-refractivity contribution in [3.8, 4) is 5.75 Å². The summed E-state index contributed by atoms with van der Waals surface area (Å²) in [6.07, 6.45) is 12.7. The molecular weight excluding hydrogens is 334 g/mol. The van der Waals surface area contributed by atoms with E-state index in [4.69, 9.17) is 4.74 Å². The molecule has 0 aromatic heterocycles.